The lowest BCUT2D eigenvalue weighted by molar-refractivity contribution is -0.141. The van der Waals surface area contributed by atoms with E-state index in [4.69, 9.17) is 4.74 Å². The van der Waals surface area contributed by atoms with Gasteiger partial charge >= 0.3 is 12.4 Å². The van der Waals surface area contributed by atoms with Crippen molar-refractivity contribution in [2.45, 2.75) is 12.4 Å². The van der Waals surface area contributed by atoms with Gasteiger partial charge in [-0.15, -0.1) is 0 Å². The van der Waals surface area contributed by atoms with Crippen LogP contribution in [0.2, 0.25) is 0 Å². The van der Waals surface area contributed by atoms with Gasteiger partial charge in [0.05, 0.1) is 33.8 Å². The number of halogens is 11. The molecule has 0 bridgehead atoms. The number of hydrogen-bond donors (Lipinski definition) is 0. The Balaban J connectivity index is 1.93. The minimum atomic E-state index is -5.60. The van der Waals surface area contributed by atoms with Crippen LogP contribution in [0.3, 0.4) is 0 Å². The number of rotatable bonds is 2. The Morgan fingerprint density at radius 2 is 0.923 bits per heavy atom. The minimum Gasteiger partial charge on any atom is -0.453 e. The molecule has 1 aliphatic heterocycles. The lowest BCUT2D eigenvalue weighted by atomic mass is 9.94. The van der Waals surface area contributed by atoms with Gasteiger partial charge in [-0.3, -0.25) is 0 Å². The zero-order chi connectivity index (χ0) is 28.4. The number of benzene rings is 4. The fourth-order valence-corrected chi connectivity index (χ4v) is 4.26. The van der Waals surface area contributed by atoms with Crippen molar-refractivity contribution < 1.29 is 53.0 Å². The molecule has 39 heavy (non-hydrogen) atoms. The van der Waals surface area contributed by atoms with Crippen LogP contribution < -0.4 is 9.64 Å². The fourth-order valence-electron chi connectivity index (χ4n) is 4.26. The molecule has 0 atom stereocenters. The third-order valence-electron chi connectivity index (χ3n) is 5.88. The van der Waals surface area contributed by atoms with Crippen LogP contribution in [-0.4, -0.2) is 0 Å². The molecule has 0 aliphatic carbocycles. The number of para-hydroxylation sites is 4. The molecule has 0 saturated heterocycles. The fraction of sp³-hybridized carbons (Fsp3) is 0.0769. The number of fused-ring (bicyclic) bond motifs is 2. The number of hydrogen-bond acceptors (Lipinski definition) is 2. The van der Waals surface area contributed by atoms with E-state index < -0.39 is 69.4 Å². The first-order valence-electron chi connectivity index (χ1n) is 10.7. The maximum absolute atomic E-state index is 14.5. The van der Waals surface area contributed by atoms with Crippen molar-refractivity contribution in [1.82, 2.24) is 0 Å². The van der Waals surface area contributed by atoms with Crippen LogP contribution in [0.1, 0.15) is 11.1 Å². The normalized spacial score (nSPS) is 13.2. The standard InChI is InChI=1S/C26H10F11NO/c27-19-18(20(28)22(30)23(31)21(19)29)11-9-12(25(32,33)34)24(13(10-11)26(35,36)37)38-14-5-1-3-7-16(14)39-17-8-4-2-6-15(17)38/h1-10H. The number of alkyl halides is 6. The molecule has 0 saturated carbocycles. The molecule has 202 valence electrons. The minimum absolute atomic E-state index is 0.0937. The Morgan fingerprint density at radius 3 is 1.33 bits per heavy atom. The molecule has 0 N–H and O–H groups in total. The summed E-state index contributed by atoms with van der Waals surface area (Å²) < 4.78 is 162. The highest BCUT2D eigenvalue weighted by Gasteiger charge is 2.46. The topological polar surface area (TPSA) is 12.5 Å². The predicted octanol–water partition coefficient (Wildman–Crippen LogP) is 9.66. The van der Waals surface area contributed by atoms with E-state index in [0.29, 0.717) is 4.90 Å². The first kappa shape index (κ1) is 26.3. The number of nitrogens with zero attached hydrogens (tertiary/aromatic N) is 1. The van der Waals surface area contributed by atoms with Crippen molar-refractivity contribution in [3.8, 4) is 22.6 Å². The molecule has 1 heterocycles. The third kappa shape index (κ3) is 4.21. The highest BCUT2D eigenvalue weighted by molar-refractivity contribution is 5.90. The first-order chi connectivity index (χ1) is 18.2. The van der Waals surface area contributed by atoms with Crippen molar-refractivity contribution >= 4 is 17.1 Å². The van der Waals surface area contributed by atoms with Crippen LogP contribution >= 0.6 is 0 Å². The van der Waals surface area contributed by atoms with Crippen LogP contribution in [0.25, 0.3) is 11.1 Å². The molecule has 0 fully saturated rings. The summed E-state index contributed by atoms with van der Waals surface area (Å²) in [5.74, 6) is -13.1. The molecule has 4 aromatic rings. The summed E-state index contributed by atoms with van der Waals surface area (Å²) in [7, 11) is 0. The highest BCUT2D eigenvalue weighted by Crippen LogP contribution is 2.56. The Bertz CT molecular complexity index is 1520. The van der Waals surface area contributed by atoms with Gasteiger partial charge in [-0.25, -0.2) is 22.0 Å². The van der Waals surface area contributed by atoms with Crippen LogP contribution in [0, 0.1) is 29.1 Å². The molecule has 0 radical (unpaired) electrons. The summed E-state index contributed by atoms with van der Waals surface area (Å²) in [6.07, 6.45) is -11.2. The van der Waals surface area contributed by atoms with Crippen molar-refractivity contribution in [3.63, 3.8) is 0 Å². The summed E-state index contributed by atoms with van der Waals surface area (Å²) >= 11 is 0. The van der Waals surface area contributed by atoms with Gasteiger partial charge < -0.3 is 9.64 Å². The SMILES string of the molecule is Fc1c(F)c(F)c(-c2cc(C(F)(F)F)c(N3c4ccccc4Oc4ccccc43)c(C(F)(F)F)c2)c(F)c1F. The smallest absolute Gasteiger partial charge is 0.418 e. The van der Waals surface area contributed by atoms with Gasteiger partial charge in [0.2, 0.25) is 5.82 Å². The summed E-state index contributed by atoms with van der Waals surface area (Å²) in [5, 5.41) is 0. The van der Waals surface area contributed by atoms with Crippen molar-refractivity contribution in [3.05, 3.63) is 101 Å². The monoisotopic (exact) mass is 561 g/mol. The van der Waals surface area contributed by atoms with Gasteiger partial charge in [0, 0.05) is 0 Å². The lowest BCUT2D eigenvalue weighted by Gasteiger charge is -2.36. The van der Waals surface area contributed by atoms with E-state index >= 15 is 0 Å². The Kier molecular flexibility index (Phi) is 6.00. The number of anilines is 3. The first-order valence-corrected chi connectivity index (χ1v) is 10.7. The lowest BCUT2D eigenvalue weighted by Crippen LogP contribution is -2.24. The predicted molar refractivity (Wildman–Crippen MR) is 116 cm³/mol. The molecular weight excluding hydrogens is 551 g/mol. The molecule has 1 aliphatic rings. The van der Waals surface area contributed by atoms with E-state index in [2.05, 4.69) is 0 Å². The van der Waals surface area contributed by atoms with Crippen molar-refractivity contribution in [2.75, 3.05) is 4.90 Å². The molecule has 0 unspecified atom stereocenters. The molecule has 0 spiro atoms. The van der Waals surface area contributed by atoms with Crippen LogP contribution in [-0.2, 0) is 12.4 Å². The largest absolute Gasteiger partial charge is 0.453 e. The second kappa shape index (κ2) is 8.89. The van der Waals surface area contributed by atoms with E-state index in [1.165, 1.54) is 48.5 Å². The molecule has 2 nitrogen and oxygen atoms in total. The maximum atomic E-state index is 14.5. The summed E-state index contributed by atoms with van der Waals surface area (Å²) in [5.41, 5.74) is -9.55. The molecule has 0 amide bonds. The van der Waals surface area contributed by atoms with E-state index in [-0.39, 0.29) is 35.0 Å². The van der Waals surface area contributed by atoms with Gasteiger partial charge in [0.25, 0.3) is 0 Å². The van der Waals surface area contributed by atoms with Gasteiger partial charge in [-0.05, 0) is 42.0 Å². The van der Waals surface area contributed by atoms with Crippen molar-refractivity contribution in [1.29, 1.82) is 0 Å². The maximum Gasteiger partial charge on any atom is 0.418 e. The van der Waals surface area contributed by atoms with E-state index in [9.17, 15) is 48.3 Å². The molecule has 13 heteroatoms. The van der Waals surface area contributed by atoms with Crippen LogP contribution in [0.4, 0.5) is 65.4 Å². The van der Waals surface area contributed by atoms with Gasteiger partial charge in [0.1, 0.15) is 0 Å². The molecular formula is C26H10F11NO. The summed E-state index contributed by atoms with van der Waals surface area (Å²) in [6, 6.07) is 10.3. The third-order valence-corrected chi connectivity index (χ3v) is 5.88. The molecule has 0 aromatic heterocycles. The van der Waals surface area contributed by atoms with Crippen LogP contribution in [0.15, 0.2) is 60.7 Å². The number of ether oxygens (including phenoxy) is 1. The second-order valence-electron chi connectivity index (χ2n) is 8.23. The highest BCUT2D eigenvalue weighted by atomic mass is 19.4. The van der Waals surface area contributed by atoms with E-state index in [0.717, 1.165) is 0 Å². The van der Waals surface area contributed by atoms with E-state index in [1.54, 1.807) is 0 Å². The van der Waals surface area contributed by atoms with Crippen LogP contribution in [0.5, 0.6) is 11.5 Å². The molecule has 5 rings (SSSR count). The average molecular weight is 561 g/mol. The summed E-state index contributed by atoms with van der Waals surface area (Å²) in [6.45, 7) is 0. The Morgan fingerprint density at radius 1 is 0.538 bits per heavy atom. The Hall–Kier alpha value is -4.29. The van der Waals surface area contributed by atoms with Crippen molar-refractivity contribution in [2.24, 2.45) is 0 Å². The zero-order valence-electron chi connectivity index (χ0n) is 18.8. The average Bonchev–Trinajstić information content (AvgIpc) is 2.88. The van der Waals surface area contributed by atoms with Gasteiger partial charge in [-0.2, -0.15) is 26.3 Å². The van der Waals surface area contributed by atoms with Gasteiger partial charge in [0.15, 0.2) is 34.8 Å². The molecule has 4 aromatic carbocycles. The van der Waals surface area contributed by atoms with Gasteiger partial charge in [-0.1, -0.05) is 24.3 Å². The Labute approximate surface area is 211 Å². The zero-order valence-corrected chi connectivity index (χ0v) is 18.8. The second-order valence-corrected chi connectivity index (χ2v) is 8.23. The van der Waals surface area contributed by atoms with E-state index in [1.807, 2.05) is 0 Å². The summed E-state index contributed by atoms with van der Waals surface area (Å²) in [4.78, 5) is 0.613. The quantitative estimate of drug-likeness (QED) is 0.121.